The molecule has 11 heteroatoms. The van der Waals surface area contributed by atoms with Gasteiger partial charge in [0.25, 0.3) is 0 Å². The van der Waals surface area contributed by atoms with Crippen molar-refractivity contribution in [2.45, 2.75) is 29.9 Å². The highest BCUT2D eigenvalue weighted by Gasteiger charge is 2.58. The molecule has 1 aromatic carbocycles. The van der Waals surface area contributed by atoms with Crippen molar-refractivity contribution in [3.05, 3.63) is 47.0 Å². The van der Waals surface area contributed by atoms with Crippen molar-refractivity contribution in [2.75, 3.05) is 12.4 Å². The molecule has 9 nitrogen and oxygen atoms in total. The molecule has 4 N–H and O–H groups in total. The summed E-state index contributed by atoms with van der Waals surface area (Å²) in [5.74, 6) is 0.0373. The Balaban J connectivity index is 1.64. The summed E-state index contributed by atoms with van der Waals surface area (Å²) in [6.07, 6.45) is 0.0198. The first-order valence-corrected chi connectivity index (χ1v) is 10.1. The lowest BCUT2D eigenvalue weighted by Gasteiger charge is -2.46. The normalized spacial score (nSPS) is 23.6. The van der Waals surface area contributed by atoms with E-state index in [4.69, 9.17) is 11.6 Å². The van der Waals surface area contributed by atoms with E-state index in [0.29, 0.717) is 17.9 Å². The number of amides is 1. The number of nitrogens with zero attached hydrogens (tertiary/aromatic N) is 4. The second kappa shape index (κ2) is 7.45. The Morgan fingerprint density at radius 1 is 1.41 bits per heavy atom. The van der Waals surface area contributed by atoms with Crippen molar-refractivity contribution in [3.8, 4) is 0 Å². The van der Waals surface area contributed by atoms with Crippen LogP contribution in [0.2, 0.25) is 5.28 Å². The SMILES string of the molecule is CNC(=O)C1SC(O)(n2cnc3c(NCc4cccc(C)c4)nc(Cl)nc32)C1O. The van der Waals surface area contributed by atoms with Crippen LogP contribution in [-0.4, -0.2) is 54.0 Å². The third-order valence-corrected chi connectivity index (χ3v) is 6.41. The number of aliphatic hydroxyl groups excluding tert-OH is 1. The van der Waals surface area contributed by atoms with Crippen LogP contribution in [0.25, 0.3) is 11.2 Å². The number of anilines is 1. The topological polar surface area (TPSA) is 125 Å². The van der Waals surface area contributed by atoms with Gasteiger partial charge in [-0.05, 0) is 24.1 Å². The third-order valence-electron chi connectivity index (χ3n) is 4.73. The Morgan fingerprint density at radius 2 is 2.21 bits per heavy atom. The van der Waals surface area contributed by atoms with Gasteiger partial charge in [0, 0.05) is 13.6 Å². The first-order valence-electron chi connectivity index (χ1n) is 8.84. The van der Waals surface area contributed by atoms with Crippen LogP contribution < -0.4 is 10.6 Å². The molecule has 0 aliphatic carbocycles. The molecule has 0 radical (unpaired) electrons. The molecule has 3 heterocycles. The number of fused-ring (bicyclic) bond motifs is 1. The first kappa shape index (κ1) is 19.9. The molecule has 3 aromatic rings. The van der Waals surface area contributed by atoms with Crippen LogP contribution in [0.4, 0.5) is 5.82 Å². The number of carbonyl (C=O) groups is 1. The quantitative estimate of drug-likeness (QED) is 0.442. The molecular weight excluding hydrogens is 416 g/mol. The number of rotatable bonds is 5. The van der Waals surface area contributed by atoms with Crippen molar-refractivity contribution < 1.29 is 15.0 Å². The Labute approximate surface area is 175 Å². The lowest BCUT2D eigenvalue weighted by atomic mass is 10.1. The van der Waals surface area contributed by atoms with Gasteiger partial charge in [0.2, 0.25) is 16.2 Å². The van der Waals surface area contributed by atoms with E-state index in [1.54, 1.807) is 0 Å². The standard InChI is InChI=1S/C18H19ClN6O3S/c1-9-4-3-5-10(6-9)7-21-14-11-15(24-17(19)23-14)25(8-22-11)18(28)13(26)12(29-18)16(27)20-2/h3-6,8,12-13,26,28H,7H2,1-2H3,(H,20,27)(H,21,23,24). The summed E-state index contributed by atoms with van der Waals surface area (Å²) in [4.78, 5) is 24.5. The van der Waals surface area contributed by atoms with E-state index < -0.39 is 16.4 Å². The van der Waals surface area contributed by atoms with E-state index in [-0.39, 0.29) is 16.8 Å². The minimum absolute atomic E-state index is 0.0312. The molecule has 152 valence electrons. The summed E-state index contributed by atoms with van der Waals surface area (Å²) in [6.45, 7) is 2.51. The molecule has 0 spiro atoms. The van der Waals surface area contributed by atoms with Crippen molar-refractivity contribution in [2.24, 2.45) is 0 Å². The number of halogens is 1. The van der Waals surface area contributed by atoms with Crippen molar-refractivity contribution in [1.82, 2.24) is 24.8 Å². The fourth-order valence-corrected chi connectivity index (χ4v) is 4.60. The summed E-state index contributed by atoms with van der Waals surface area (Å²) in [7, 11) is 1.47. The lowest BCUT2D eigenvalue weighted by molar-refractivity contribution is -0.131. The highest BCUT2D eigenvalue weighted by molar-refractivity contribution is 8.02. The zero-order valence-electron chi connectivity index (χ0n) is 15.6. The Morgan fingerprint density at radius 3 is 2.90 bits per heavy atom. The molecule has 1 aliphatic heterocycles. The summed E-state index contributed by atoms with van der Waals surface area (Å²) < 4.78 is 1.31. The fourth-order valence-electron chi connectivity index (χ4n) is 3.22. The van der Waals surface area contributed by atoms with Gasteiger partial charge >= 0.3 is 0 Å². The molecule has 0 saturated carbocycles. The highest BCUT2D eigenvalue weighted by Crippen LogP contribution is 2.50. The minimum Gasteiger partial charge on any atom is -0.385 e. The van der Waals surface area contributed by atoms with Gasteiger partial charge in [-0.1, -0.05) is 41.6 Å². The zero-order chi connectivity index (χ0) is 20.8. The molecule has 1 aliphatic rings. The number of aryl methyl sites for hydroxylation is 1. The molecule has 1 saturated heterocycles. The van der Waals surface area contributed by atoms with E-state index in [1.165, 1.54) is 17.9 Å². The minimum atomic E-state index is -1.78. The Kier molecular flexibility index (Phi) is 5.11. The molecule has 1 amide bonds. The summed E-state index contributed by atoms with van der Waals surface area (Å²) in [6, 6.07) is 8.02. The van der Waals surface area contributed by atoms with Crippen LogP contribution in [0.5, 0.6) is 0 Å². The molecule has 4 rings (SSSR count). The third kappa shape index (κ3) is 3.42. The maximum Gasteiger partial charge on any atom is 0.235 e. The van der Waals surface area contributed by atoms with E-state index >= 15 is 0 Å². The number of hydrogen-bond acceptors (Lipinski definition) is 8. The smallest absolute Gasteiger partial charge is 0.235 e. The van der Waals surface area contributed by atoms with Crippen LogP contribution >= 0.6 is 23.4 Å². The molecule has 1 fully saturated rings. The number of benzene rings is 1. The number of carbonyl (C=O) groups excluding carboxylic acids is 1. The molecule has 3 unspecified atom stereocenters. The summed E-state index contributed by atoms with van der Waals surface area (Å²) in [5, 5.41) is 24.4. The van der Waals surface area contributed by atoms with Gasteiger partial charge < -0.3 is 20.8 Å². The molecule has 2 aromatic heterocycles. The number of aromatic nitrogens is 4. The average Bonchev–Trinajstić information content (AvgIpc) is 3.13. The number of nitrogens with one attached hydrogen (secondary N) is 2. The number of aliphatic hydroxyl groups is 2. The predicted octanol–water partition coefficient (Wildman–Crippen LogP) is 1.23. The second-order valence-corrected chi connectivity index (χ2v) is 8.41. The Bertz CT molecular complexity index is 1090. The van der Waals surface area contributed by atoms with Crippen molar-refractivity contribution >= 4 is 46.3 Å². The Hall–Kier alpha value is -2.40. The maximum absolute atomic E-state index is 11.8. The largest absolute Gasteiger partial charge is 0.385 e. The molecule has 29 heavy (non-hydrogen) atoms. The van der Waals surface area contributed by atoms with Gasteiger partial charge in [-0.25, -0.2) is 4.98 Å². The van der Waals surface area contributed by atoms with Crippen LogP contribution in [-0.2, 0) is 16.4 Å². The monoisotopic (exact) mass is 434 g/mol. The van der Waals surface area contributed by atoms with Gasteiger partial charge in [-0.3, -0.25) is 9.36 Å². The van der Waals surface area contributed by atoms with Crippen molar-refractivity contribution in [3.63, 3.8) is 0 Å². The van der Waals surface area contributed by atoms with E-state index in [1.807, 2.05) is 25.1 Å². The second-order valence-electron chi connectivity index (χ2n) is 6.73. The molecule has 0 bridgehead atoms. The van der Waals surface area contributed by atoms with Crippen molar-refractivity contribution in [1.29, 1.82) is 0 Å². The predicted molar refractivity (Wildman–Crippen MR) is 110 cm³/mol. The first-order chi connectivity index (χ1) is 13.8. The van der Waals surface area contributed by atoms with Crippen LogP contribution in [0.15, 0.2) is 30.6 Å². The summed E-state index contributed by atoms with van der Waals surface area (Å²) in [5.41, 5.74) is 2.85. The molecular formula is C18H19ClN6O3S. The van der Waals surface area contributed by atoms with Gasteiger partial charge in [0.1, 0.15) is 17.7 Å². The van der Waals surface area contributed by atoms with E-state index in [9.17, 15) is 15.0 Å². The number of imidazole rings is 1. The van der Waals surface area contributed by atoms with Gasteiger partial charge in [-0.15, -0.1) is 0 Å². The number of thioether (sulfide) groups is 1. The average molecular weight is 435 g/mol. The van der Waals surface area contributed by atoms with Crippen LogP contribution in [0.3, 0.4) is 0 Å². The van der Waals surface area contributed by atoms with E-state index in [2.05, 4.69) is 31.7 Å². The van der Waals surface area contributed by atoms with Gasteiger partial charge in [0.05, 0.1) is 0 Å². The van der Waals surface area contributed by atoms with Crippen LogP contribution in [0.1, 0.15) is 11.1 Å². The van der Waals surface area contributed by atoms with Crippen LogP contribution in [0, 0.1) is 6.92 Å². The molecule has 3 atom stereocenters. The summed E-state index contributed by atoms with van der Waals surface area (Å²) >= 11 is 7.00. The zero-order valence-corrected chi connectivity index (χ0v) is 17.2. The van der Waals surface area contributed by atoms with Gasteiger partial charge in [-0.2, -0.15) is 9.97 Å². The number of hydrogen-bond donors (Lipinski definition) is 4. The fraction of sp³-hybridized carbons (Fsp3) is 0.333. The maximum atomic E-state index is 11.8. The lowest BCUT2D eigenvalue weighted by Crippen LogP contribution is -2.62. The highest BCUT2D eigenvalue weighted by atomic mass is 35.5. The van der Waals surface area contributed by atoms with Gasteiger partial charge in [0.15, 0.2) is 17.0 Å². The van der Waals surface area contributed by atoms with E-state index in [0.717, 1.165) is 22.9 Å².